The summed E-state index contributed by atoms with van der Waals surface area (Å²) in [4.78, 5) is 11.3. The van der Waals surface area contributed by atoms with Crippen molar-refractivity contribution in [2.24, 2.45) is 0 Å². The maximum atomic E-state index is 11.3. The average molecular weight is 186 g/mol. The van der Waals surface area contributed by atoms with E-state index in [4.69, 9.17) is 9.47 Å². The highest BCUT2D eigenvalue weighted by Gasteiger charge is 2.35. The predicted molar refractivity (Wildman–Crippen MR) is 45.6 cm³/mol. The van der Waals surface area contributed by atoms with Crippen molar-refractivity contribution in [2.75, 3.05) is 0 Å². The van der Waals surface area contributed by atoms with Crippen LogP contribution in [0, 0.1) is 0 Å². The zero-order valence-corrected chi connectivity index (χ0v) is 8.25. The van der Waals surface area contributed by atoms with Crippen molar-refractivity contribution in [1.82, 2.24) is 0 Å². The molecule has 0 aliphatic carbocycles. The van der Waals surface area contributed by atoms with Crippen LogP contribution in [0.15, 0.2) is 11.3 Å². The van der Waals surface area contributed by atoms with Crippen LogP contribution in [0.1, 0.15) is 27.7 Å². The topological polar surface area (TPSA) is 55.8 Å². The molecule has 0 amide bonds. The average Bonchev–Trinajstić information content (AvgIpc) is 1.78. The quantitative estimate of drug-likeness (QED) is 0.619. The molecule has 1 rings (SSSR count). The Morgan fingerprint density at radius 2 is 1.92 bits per heavy atom. The first-order chi connectivity index (χ1) is 5.83. The number of ether oxygens (including phenoxy) is 2. The highest BCUT2D eigenvalue weighted by molar-refractivity contribution is 5.90. The predicted octanol–water partition coefficient (Wildman–Crippen LogP) is 0.951. The number of aliphatic hydroxyl groups excluding tert-OH is 1. The van der Waals surface area contributed by atoms with E-state index in [2.05, 4.69) is 0 Å². The minimum Gasteiger partial charge on any atom is -0.457 e. The Hall–Kier alpha value is -1.03. The summed E-state index contributed by atoms with van der Waals surface area (Å²) in [5.74, 6) is -1.01. The van der Waals surface area contributed by atoms with Gasteiger partial charge in [-0.2, -0.15) is 0 Å². The number of cyclic esters (lactones) is 1. The fourth-order valence-corrected chi connectivity index (χ4v) is 1.33. The van der Waals surface area contributed by atoms with Gasteiger partial charge < -0.3 is 14.6 Å². The van der Waals surface area contributed by atoms with Gasteiger partial charge in [0.2, 0.25) is 5.79 Å². The van der Waals surface area contributed by atoms with Gasteiger partial charge in [0.1, 0.15) is 11.3 Å². The number of esters is 1. The lowest BCUT2D eigenvalue weighted by molar-refractivity contribution is -0.208. The molecule has 13 heavy (non-hydrogen) atoms. The molecular weight excluding hydrogens is 172 g/mol. The van der Waals surface area contributed by atoms with Crippen LogP contribution in [-0.4, -0.2) is 23.0 Å². The summed E-state index contributed by atoms with van der Waals surface area (Å²) in [5, 5.41) is 9.25. The molecule has 0 fully saturated rings. The number of carbonyl (C=O) groups excluding carboxylic acids is 1. The van der Waals surface area contributed by atoms with Gasteiger partial charge in [0.15, 0.2) is 0 Å². The molecule has 0 spiro atoms. The smallest absolute Gasteiger partial charge is 0.343 e. The third-order valence-corrected chi connectivity index (χ3v) is 1.75. The number of carbonyl (C=O) groups is 1. The minimum absolute atomic E-state index is 0.194. The molecule has 74 valence electrons. The largest absolute Gasteiger partial charge is 0.457 e. The summed E-state index contributed by atoms with van der Waals surface area (Å²) in [7, 11) is 0. The van der Waals surface area contributed by atoms with E-state index < -0.39 is 17.9 Å². The number of rotatable bonds is 1. The molecule has 1 atom stereocenters. The molecule has 0 saturated heterocycles. The van der Waals surface area contributed by atoms with E-state index in [-0.39, 0.29) is 5.57 Å². The molecule has 1 aliphatic rings. The van der Waals surface area contributed by atoms with Crippen LogP contribution in [0.2, 0.25) is 0 Å². The van der Waals surface area contributed by atoms with Crippen molar-refractivity contribution in [3.63, 3.8) is 0 Å². The van der Waals surface area contributed by atoms with E-state index in [1.54, 1.807) is 20.8 Å². The maximum Gasteiger partial charge on any atom is 0.343 e. The highest BCUT2D eigenvalue weighted by Crippen LogP contribution is 2.27. The molecule has 0 aromatic heterocycles. The fraction of sp³-hybridized carbons (Fsp3) is 0.667. The lowest BCUT2D eigenvalue weighted by Gasteiger charge is -2.32. The Bertz CT molecular complexity index is 263. The number of hydrogen-bond donors (Lipinski definition) is 1. The van der Waals surface area contributed by atoms with Gasteiger partial charge in [-0.3, -0.25) is 0 Å². The summed E-state index contributed by atoms with van der Waals surface area (Å²) in [6, 6.07) is 0. The monoisotopic (exact) mass is 186 g/mol. The van der Waals surface area contributed by atoms with Crippen molar-refractivity contribution >= 4 is 5.97 Å². The van der Waals surface area contributed by atoms with Crippen molar-refractivity contribution in [3.8, 4) is 0 Å². The summed E-state index contributed by atoms with van der Waals surface area (Å²) in [5.41, 5.74) is 0.194. The first-order valence-electron chi connectivity index (χ1n) is 4.14. The van der Waals surface area contributed by atoms with E-state index in [0.29, 0.717) is 5.76 Å². The molecule has 1 aliphatic heterocycles. The molecule has 0 radical (unpaired) electrons. The Balaban J connectivity index is 3.01. The molecule has 1 N–H and O–H groups in total. The van der Waals surface area contributed by atoms with Crippen LogP contribution < -0.4 is 0 Å². The fourth-order valence-electron chi connectivity index (χ4n) is 1.33. The summed E-state index contributed by atoms with van der Waals surface area (Å²) < 4.78 is 10.2. The van der Waals surface area contributed by atoms with Crippen LogP contribution in [0.5, 0.6) is 0 Å². The Morgan fingerprint density at radius 1 is 1.38 bits per heavy atom. The van der Waals surface area contributed by atoms with Crippen molar-refractivity contribution in [1.29, 1.82) is 0 Å². The summed E-state index contributed by atoms with van der Waals surface area (Å²) in [6.07, 6.45) is -0.858. The van der Waals surface area contributed by atoms with E-state index in [0.717, 1.165) is 0 Å². The van der Waals surface area contributed by atoms with Gasteiger partial charge in [0.25, 0.3) is 0 Å². The standard InChI is InChI=1S/C9H14O4/c1-5(10)7-6(2)12-9(3,4)13-8(7)11/h5,10H,1-4H3. The molecule has 0 bridgehead atoms. The Kier molecular flexibility index (Phi) is 2.34. The van der Waals surface area contributed by atoms with Gasteiger partial charge in [-0.15, -0.1) is 0 Å². The second-order valence-electron chi connectivity index (χ2n) is 3.54. The Morgan fingerprint density at radius 3 is 2.31 bits per heavy atom. The normalized spacial score (nSPS) is 23.6. The summed E-state index contributed by atoms with van der Waals surface area (Å²) in [6.45, 7) is 6.44. The molecule has 0 saturated carbocycles. The van der Waals surface area contributed by atoms with Gasteiger partial charge in [-0.05, 0) is 13.8 Å². The Labute approximate surface area is 77.1 Å². The molecule has 4 nitrogen and oxygen atoms in total. The second kappa shape index (κ2) is 3.03. The van der Waals surface area contributed by atoms with Crippen LogP contribution >= 0.6 is 0 Å². The van der Waals surface area contributed by atoms with Crippen molar-refractivity contribution in [3.05, 3.63) is 11.3 Å². The molecular formula is C9H14O4. The van der Waals surface area contributed by atoms with Gasteiger partial charge >= 0.3 is 5.97 Å². The number of hydrogen-bond acceptors (Lipinski definition) is 4. The van der Waals surface area contributed by atoms with E-state index in [1.165, 1.54) is 6.92 Å². The van der Waals surface area contributed by atoms with Crippen LogP contribution in [0.25, 0.3) is 0 Å². The maximum absolute atomic E-state index is 11.3. The lowest BCUT2D eigenvalue weighted by Crippen LogP contribution is -2.38. The van der Waals surface area contributed by atoms with Crippen molar-refractivity contribution in [2.45, 2.75) is 39.6 Å². The van der Waals surface area contributed by atoms with E-state index in [1.807, 2.05) is 0 Å². The highest BCUT2D eigenvalue weighted by atomic mass is 16.7. The SMILES string of the molecule is CC1=C(C(C)O)C(=O)OC(C)(C)O1. The van der Waals surface area contributed by atoms with Gasteiger partial charge in [0, 0.05) is 13.8 Å². The van der Waals surface area contributed by atoms with Crippen LogP contribution in [0.3, 0.4) is 0 Å². The molecule has 0 aromatic carbocycles. The van der Waals surface area contributed by atoms with Gasteiger partial charge in [-0.25, -0.2) is 4.79 Å². The minimum atomic E-state index is -0.931. The van der Waals surface area contributed by atoms with Gasteiger partial charge in [-0.1, -0.05) is 0 Å². The van der Waals surface area contributed by atoms with E-state index >= 15 is 0 Å². The van der Waals surface area contributed by atoms with Crippen LogP contribution in [-0.2, 0) is 14.3 Å². The number of allylic oxidation sites excluding steroid dienone is 1. The van der Waals surface area contributed by atoms with Gasteiger partial charge in [0.05, 0.1) is 6.10 Å². The second-order valence-corrected chi connectivity index (χ2v) is 3.54. The van der Waals surface area contributed by atoms with Crippen LogP contribution in [0.4, 0.5) is 0 Å². The molecule has 0 aromatic rings. The molecule has 1 unspecified atom stereocenters. The molecule has 4 heteroatoms. The lowest BCUT2D eigenvalue weighted by atomic mass is 10.1. The van der Waals surface area contributed by atoms with Crippen molar-refractivity contribution < 1.29 is 19.4 Å². The molecule has 1 heterocycles. The summed E-state index contributed by atoms with van der Waals surface area (Å²) >= 11 is 0. The zero-order chi connectivity index (χ0) is 10.2. The van der Waals surface area contributed by atoms with E-state index in [9.17, 15) is 9.90 Å². The third kappa shape index (κ3) is 2.01. The third-order valence-electron chi connectivity index (χ3n) is 1.75. The zero-order valence-electron chi connectivity index (χ0n) is 8.25. The first-order valence-corrected chi connectivity index (χ1v) is 4.14. The first kappa shape index (κ1) is 10.1. The number of aliphatic hydroxyl groups is 1.